The lowest BCUT2D eigenvalue weighted by molar-refractivity contribution is -0.116. The molecule has 1 amide bonds. The molecule has 0 spiro atoms. The van der Waals surface area contributed by atoms with Crippen molar-refractivity contribution in [2.75, 3.05) is 18.4 Å². The summed E-state index contributed by atoms with van der Waals surface area (Å²) in [6.07, 6.45) is 1.94. The summed E-state index contributed by atoms with van der Waals surface area (Å²) >= 11 is 0. The summed E-state index contributed by atoms with van der Waals surface area (Å²) in [5.41, 5.74) is 0.389. The highest BCUT2D eigenvalue weighted by Crippen LogP contribution is 2.24. The van der Waals surface area contributed by atoms with Crippen molar-refractivity contribution in [2.24, 2.45) is 13.0 Å². The van der Waals surface area contributed by atoms with Gasteiger partial charge in [-0.25, -0.2) is 13.2 Å². The highest BCUT2D eigenvalue weighted by atomic mass is 32.2. The second-order valence-electron chi connectivity index (χ2n) is 8.06. The van der Waals surface area contributed by atoms with Gasteiger partial charge in [0.2, 0.25) is 15.9 Å². The number of hydrogen-bond acceptors (Lipinski definition) is 5. The average molecular weight is 449 g/mol. The third-order valence-electron chi connectivity index (χ3n) is 5.74. The van der Waals surface area contributed by atoms with Crippen LogP contribution in [0.25, 0.3) is 0 Å². The first-order valence-corrected chi connectivity index (χ1v) is 11.7. The minimum Gasteiger partial charge on any atom is -0.326 e. The molecule has 0 saturated carbocycles. The number of benzene rings is 1. The molecular formula is C21H28N4O5S. The van der Waals surface area contributed by atoms with Crippen LogP contribution in [0.15, 0.2) is 38.8 Å². The molecule has 168 valence electrons. The molecule has 0 unspecified atom stereocenters. The highest BCUT2D eigenvalue weighted by molar-refractivity contribution is 7.89. The number of aryl methyl sites for hydroxylation is 1. The molecule has 31 heavy (non-hydrogen) atoms. The van der Waals surface area contributed by atoms with Gasteiger partial charge in [-0.3, -0.25) is 14.2 Å². The van der Waals surface area contributed by atoms with Gasteiger partial charge in [0.1, 0.15) is 0 Å². The van der Waals surface area contributed by atoms with Crippen LogP contribution in [0, 0.1) is 12.8 Å². The van der Waals surface area contributed by atoms with Crippen molar-refractivity contribution in [2.45, 2.75) is 44.4 Å². The fraction of sp³-hybridized carbons (Fsp3) is 0.476. The van der Waals surface area contributed by atoms with Crippen molar-refractivity contribution in [3.8, 4) is 0 Å². The molecule has 2 aromatic rings. The molecular weight excluding hydrogens is 420 g/mol. The Hall–Kier alpha value is -2.72. The molecule has 0 radical (unpaired) electrons. The Labute approximate surface area is 181 Å². The first kappa shape index (κ1) is 23.0. The van der Waals surface area contributed by atoms with Crippen LogP contribution in [0.3, 0.4) is 0 Å². The summed E-state index contributed by atoms with van der Waals surface area (Å²) in [6.45, 7) is 4.78. The Morgan fingerprint density at radius 3 is 2.39 bits per heavy atom. The van der Waals surface area contributed by atoms with Crippen LogP contribution < -0.4 is 16.6 Å². The molecule has 2 N–H and O–H groups in total. The lowest BCUT2D eigenvalue weighted by Gasteiger charge is -2.29. The first-order chi connectivity index (χ1) is 14.6. The number of nitrogens with one attached hydrogen (secondary N) is 2. The molecule has 1 saturated heterocycles. The molecule has 0 aliphatic carbocycles. The average Bonchev–Trinajstić information content (AvgIpc) is 2.73. The van der Waals surface area contributed by atoms with Crippen LogP contribution in [-0.2, 0) is 28.3 Å². The fourth-order valence-electron chi connectivity index (χ4n) is 3.62. The Morgan fingerprint density at radius 2 is 1.77 bits per heavy atom. The smallest absolute Gasteiger partial charge is 0.326 e. The van der Waals surface area contributed by atoms with E-state index < -0.39 is 21.3 Å². The minimum absolute atomic E-state index is 0.0497. The summed E-state index contributed by atoms with van der Waals surface area (Å²) < 4.78 is 28.0. The lowest BCUT2D eigenvalue weighted by atomic mass is 10.0. The van der Waals surface area contributed by atoms with Crippen molar-refractivity contribution in [3.05, 3.63) is 56.4 Å². The number of hydrogen-bond donors (Lipinski definition) is 2. The number of aromatic nitrogens is 2. The van der Waals surface area contributed by atoms with Gasteiger partial charge in [-0.2, -0.15) is 4.31 Å². The van der Waals surface area contributed by atoms with Crippen LogP contribution in [0.5, 0.6) is 0 Å². The van der Waals surface area contributed by atoms with E-state index in [-0.39, 0.29) is 23.6 Å². The number of H-pyrrole nitrogens is 1. The van der Waals surface area contributed by atoms with E-state index >= 15 is 0 Å². The van der Waals surface area contributed by atoms with Crippen molar-refractivity contribution in [1.29, 1.82) is 0 Å². The molecule has 1 aliphatic heterocycles. The second kappa shape index (κ2) is 9.19. The summed E-state index contributed by atoms with van der Waals surface area (Å²) in [4.78, 5) is 38.9. The van der Waals surface area contributed by atoms with Gasteiger partial charge in [0.25, 0.3) is 5.56 Å². The van der Waals surface area contributed by atoms with Crippen molar-refractivity contribution < 1.29 is 13.2 Å². The number of carbonyl (C=O) groups is 1. The zero-order chi connectivity index (χ0) is 22.8. The monoisotopic (exact) mass is 448 g/mol. The van der Waals surface area contributed by atoms with Crippen molar-refractivity contribution in [1.82, 2.24) is 13.9 Å². The summed E-state index contributed by atoms with van der Waals surface area (Å²) in [6, 6.07) is 6.10. The molecule has 1 fully saturated rings. The van der Waals surface area contributed by atoms with Crippen LogP contribution in [0.2, 0.25) is 0 Å². The van der Waals surface area contributed by atoms with Gasteiger partial charge in [0.05, 0.1) is 4.90 Å². The van der Waals surface area contributed by atoms with E-state index in [1.807, 2.05) is 0 Å². The topological polar surface area (TPSA) is 121 Å². The summed E-state index contributed by atoms with van der Waals surface area (Å²) in [5, 5.41) is 2.71. The normalized spacial score (nSPS) is 15.7. The van der Waals surface area contributed by atoms with Gasteiger partial charge in [-0.15, -0.1) is 0 Å². The third-order valence-corrected chi connectivity index (χ3v) is 7.65. The Kier molecular flexibility index (Phi) is 6.80. The van der Waals surface area contributed by atoms with Crippen LogP contribution in [0.1, 0.15) is 37.4 Å². The van der Waals surface area contributed by atoms with Crippen molar-refractivity contribution >= 4 is 21.6 Å². The maximum Gasteiger partial charge on any atom is 0.328 e. The number of nitrogens with zero attached hydrogens (tertiary/aromatic N) is 2. The summed E-state index contributed by atoms with van der Waals surface area (Å²) in [7, 11) is -2.16. The predicted octanol–water partition coefficient (Wildman–Crippen LogP) is 1.37. The van der Waals surface area contributed by atoms with Gasteiger partial charge >= 0.3 is 5.69 Å². The highest BCUT2D eigenvalue weighted by Gasteiger charge is 2.27. The first-order valence-electron chi connectivity index (χ1n) is 10.3. The largest absolute Gasteiger partial charge is 0.328 e. The van der Waals surface area contributed by atoms with Crippen LogP contribution in [0.4, 0.5) is 5.69 Å². The van der Waals surface area contributed by atoms with E-state index in [4.69, 9.17) is 0 Å². The quantitative estimate of drug-likeness (QED) is 0.691. The van der Waals surface area contributed by atoms with Crippen molar-refractivity contribution in [3.63, 3.8) is 0 Å². The number of carbonyl (C=O) groups excluding carboxylic acids is 1. The van der Waals surface area contributed by atoms with Gasteiger partial charge < -0.3 is 10.3 Å². The molecule has 1 aromatic carbocycles. The standard InChI is InChI=1S/C21H28N4O5S/c1-14-10-12-25(13-11-14)31(29,30)17-6-4-16(5-7-17)23-19(26)9-8-18-15(2)22-21(28)24(3)20(18)27/h4-7,14H,8-13H2,1-3H3,(H,22,28)(H,23,26). The number of aromatic amines is 1. The maximum absolute atomic E-state index is 12.8. The number of piperidine rings is 1. The Morgan fingerprint density at radius 1 is 1.16 bits per heavy atom. The molecule has 1 aromatic heterocycles. The lowest BCUT2D eigenvalue weighted by Crippen LogP contribution is -2.37. The zero-order valence-corrected chi connectivity index (χ0v) is 18.8. The fourth-order valence-corrected chi connectivity index (χ4v) is 5.09. The molecule has 3 rings (SSSR count). The predicted molar refractivity (Wildman–Crippen MR) is 118 cm³/mol. The van der Waals surface area contributed by atoms with E-state index in [9.17, 15) is 22.8 Å². The maximum atomic E-state index is 12.8. The number of anilines is 1. The second-order valence-corrected chi connectivity index (χ2v) is 9.99. The van der Waals surface area contributed by atoms with Gasteiger partial charge in [0.15, 0.2) is 0 Å². The number of rotatable bonds is 6. The molecule has 2 heterocycles. The van der Waals surface area contributed by atoms with E-state index in [2.05, 4.69) is 17.2 Å². The van der Waals surface area contributed by atoms with E-state index in [0.29, 0.717) is 36.0 Å². The van der Waals surface area contributed by atoms with Gasteiger partial charge in [0, 0.05) is 43.5 Å². The summed E-state index contributed by atoms with van der Waals surface area (Å²) in [5.74, 6) is 0.220. The van der Waals surface area contributed by atoms with E-state index in [1.54, 1.807) is 19.1 Å². The van der Waals surface area contributed by atoms with Crippen LogP contribution in [-0.4, -0.2) is 41.3 Å². The van der Waals surface area contributed by atoms with Crippen LogP contribution >= 0.6 is 0 Å². The molecule has 1 aliphatic rings. The van der Waals surface area contributed by atoms with E-state index in [1.165, 1.54) is 23.5 Å². The van der Waals surface area contributed by atoms with Gasteiger partial charge in [-0.1, -0.05) is 6.92 Å². The SMILES string of the molecule is Cc1[nH]c(=O)n(C)c(=O)c1CCC(=O)Nc1ccc(S(=O)(=O)N2CCC(C)CC2)cc1. The van der Waals surface area contributed by atoms with Gasteiger partial charge in [-0.05, 0) is 56.4 Å². The Balaban J connectivity index is 1.63. The number of sulfonamides is 1. The third kappa shape index (κ3) is 5.13. The Bertz CT molecular complexity index is 1170. The minimum atomic E-state index is -3.54. The molecule has 9 nitrogen and oxygen atoms in total. The number of amides is 1. The molecule has 0 bridgehead atoms. The van der Waals surface area contributed by atoms with E-state index in [0.717, 1.165) is 17.4 Å². The molecule has 0 atom stereocenters. The molecule has 10 heteroatoms. The zero-order valence-electron chi connectivity index (χ0n) is 18.0.